The lowest BCUT2D eigenvalue weighted by Crippen LogP contribution is -2.17. The normalized spacial score (nSPS) is 12.5. The van der Waals surface area contributed by atoms with Crippen molar-refractivity contribution >= 4 is 38.5 Å². The number of aromatic nitrogens is 2. The van der Waals surface area contributed by atoms with Crippen molar-refractivity contribution in [1.82, 2.24) is 8.75 Å². The first-order valence-electron chi connectivity index (χ1n) is 6.19. The molecular formula is C13H8F3N3O2S2. The number of hydrogen-bond donors (Lipinski definition) is 1. The highest BCUT2D eigenvalue weighted by Crippen LogP contribution is 2.35. The molecule has 0 spiro atoms. The van der Waals surface area contributed by atoms with Gasteiger partial charge in [0.1, 0.15) is 15.9 Å². The Labute approximate surface area is 133 Å². The van der Waals surface area contributed by atoms with Crippen LogP contribution in [0.15, 0.2) is 47.4 Å². The molecule has 120 valence electrons. The first-order valence-corrected chi connectivity index (χ1v) is 8.41. The molecule has 5 nitrogen and oxygen atoms in total. The molecule has 2 aromatic carbocycles. The van der Waals surface area contributed by atoms with Crippen LogP contribution in [0, 0.1) is 0 Å². The predicted molar refractivity (Wildman–Crippen MR) is 79.7 cm³/mol. The van der Waals surface area contributed by atoms with Gasteiger partial charge < -0.3 is 0 Å². The van der Waals surface area contributed by atoms with Gasteiger partial charge >= 0.3 is 6.18 Å². The quantitative estimate of drug-likeness (QED) is 0.777. The molecule has 0 saturated carbocycles. The molecule has 10 heteroatoms. The molecule has 23 heavy (non-hydrogen) atoms. The lowest BCUT2D eigenvalue weighted by molar-refractivity contribution is -0.136. The van der Waals surface area contributed by atoms with E-state index >= 15 is 0 Å². The average molecular weight is 359 g/mol. The summed E-state index contributed by atoms with van der Waals surface area (Å²) in [6.45, 7) is 0. The van der Waals surface area contributed by atoms with E-state index in [0.29, 0.717) is 5.52 Å². The van der Waals surface area contributed by atoms with Crippen LogP contribution in [0.1, 0.15) is 5.56 Å². The summed E-state index contributed by atoms with van der Waals surface area (Å²) in [7, 11) is -4.24. The topological polar surface area (TPSA) is 72.0 Å². The number of fused-ring (bicyclic) bond motifs is 1. The summed E-state index contributed by atoms with van der Waals surface area (Å²) in [6.07, 6.45) is -4.67. The molecule has 0 amide bonds. The predicted octanol–water partition coefficient (Wildman–Crippen LogP) is 3.51. The molecule has 0 aliphatic heterocycles. The number of nitrogens with one attached hydrogen (secondary N) is 1. The lowest BCUT2D eigenvalue weighted by Gasteiger charge is -2.14. The molecule has 0 atom stereocenters. The number of alkyl halides is 3. The molecule has 3 aromatic rings. The van der Waals surface area contributed by atoms with Gasteiger partial charge in [0.15, 0.2) is 0 Å². The molecule has 0 fully saturated rings. The number of nitrogens with zero attached hydrogens (tertiary/aromatic N) is 2. The zero-order valence-corrected chi connectivity index (χ0v) is 12.8. The summed E-state index contributed by atoms with van der Waals surface area (Å²) in [6, 6.07) is 8.66. The third-order valence-corrected chi connectivity index (χ3v) is 4.95. The van der Waals surface area contributed by atoms with Gasteiger partial charge in [-0.2, -0.15) is 21.9 Å². The van der Waals surface area contributed by atoms with Gasteiger partial charge in [-0.3, -0.25) is 4.72 Å². The van der Waals surface area contributed by atoms with Gasteiger partial charge in [-0.05, 0) is 24.3 Å². The van der Waals surface area contributed by atoms with E-state index < -0.39 is 27.5 Å². The minimum atomic E-state index is -4.67. The molecular weight excluding hydrogens is 351 g/mol. The highest BCUT2D eigenvalue weighted by Gasteiger charge is 2.34. The van der Waals surface area contributed by atoms with Crippen molar-refractivity contribution in [2.75, 3.05) is 4.72 Å². The van der Waals surface area contributed by atoms with Gasteiger partial charge in [0, 0.05) is 0 Å². The van der Waals surface area contributed by atoms with E-state index in [0.717, 1.165) is 23.9 Å². The minimum absolute atomic E-state index is 0.120. The number of benzene rings is 2. The zero-order valence-electron chi connectivity index (χ0n) is 11.2. The Bertz CT molecular complexity index is 968. The van der Waals surface area contributed by atoms with E-state index in [1.54, 1.807) is 6.07 Å². The Morgan fingerprint density at radius 1 is 1.00 bits per heavy atom. The molecule has 1 N–H and O–H groups in total. The summed E-state index contributed by atoms with van der Waals surface area (Å²) < 4.78 is 73.6. The van der Waals surface area contributed by atoms with Gasteiger partial charge in [-0.1, -0.05) is 18.2 Å². The molecule has 0 bridgehead atoms. The smallest absolute Gasteiger partial charge is 0.279 e. The van der Waals surface area contributed by atoms with Crippen LogP contribution in [0.4, 0.5) is 18.9 Å². The van der Waals surface area contributed by atoms with E-state index in [9.17, 15) is 21.6 Å². The van der Waals surface area contributed by atoms with E-state index in [-0.39, 0.29) is 10.4 Å². The standard InChI is InChI=1S/C13H8F3N3O2S2/c14-13(15,16)8-4-1-2-5-9(8)19-23(20,21)11-7-3-6-10-12(11)18-22-17-10/h1-7,19H. The van der Waals surface area contributed by atoms with Crippen LogP contribution in [-0.2, 0) is 16.2 Å². The highest BCUT2D eigenvalue weighted by atomic mass is 32.2. The Balaban J connectivity index is 2.08. The Morgan fingerprint density at radius 3 is 2.48 bits per heavy atom. The summed E-state index contributed by atoms with van der Waals surface area (Å²) in [5, 5.41) is 0. The molecule has 0 aliphatic carbocycles. The van der Waals surface area contributed by atoms with Gasteiger partial charge in [-0.25, -0.2) is 8.42 Å². The fourth-order valence-electron chi connectivity index (χ4n) is 2.02. The molecule has 0 aliphatic rings. The van der Waals surface area contributed by atoms with Crippen molar-refractivity contribution in [2.45, 2.75) is 11.1 Å². The van der Waals surface area contributed by atoms with Gasteiger partial charge in [0.2, 0.25) is 0 Å². The summed E-state index contributed by atoms with van der Waals surface area (Å²) >= 11 is 0.825. The van der Waals surface area contributed by atoms with Crippen molar-refractivity contribution in [2.24, 2.45) is 0 Å². The number of rotatable bonds is 3. The Hall–Kier alpha value is -2.20. The number of hydrogen-bond acceptors (Lipinski definition) is 5. The van der Waals surface area contributed by atoms with Crippen molar-refractivity contribution in [3.63, 3.8) is 0 Å². The lowest BCUT2D eigenvalue weighted by atomic mass is 10.2. The van der Waals surface area contributed by atoms with E-state index in [2.05, 4.69) is 8.75 Å². The van der Waals surface area contributed by atoms with Crippen molar-refractivity contribution < 1.29 is 21.6 Å². The second kappa shape index (κ2) is 5.46. The van der Waals surface area contributed by atoms with Gasteiger partial charge in [0.25, 0.3) is 10.0 Å². The first kappa shape index (κ1) is 15.7. The maximum absolute atomic E-state index is 13.0. The molecule has 0 unspecified atom stereocenters. The van der Waals surface area contributed by atoms with Crippen LogP contribution in [0.2, 0.25) is 0 Å². The van der Waals surface area contributed by atoms with Gasteiger partial charge in [-0.15, -0.1) is 0 Å². The first-order chi connectivity index (χ1) is 10.8. The van der Waals surface area contributed by atoms with E-state index in [4.69, 9.17) is 0 Å². The largest absolute Gasteiger partial charge is 0.418 e. The van der Waals surface area contributed by atoms with Gasteiger partial charge in [0.05, 0.1) is 23.0 Å². The van der Waals surface area contributed by atoms with E-state index in [1.807, 2.05) is 4.72 Å². The number of sulfonamides is 1. The molecule has 0 radical (unpaired) electrons. The number of anilines is 1. The van der Waals surface area contributed by atoms with Crippen molar-refractivity contribution in [3.05, 3.63) is 48.0 Å². The molecule has 1 heterocycles. The average Bonchev–Trinajstić information content (AvgIpc) is 2.94. The Kier molecular flexibility index (Phi) is 3.72. The van der Waals surface area contributed by atoms with Crippen LogP contribution in [0.25, 0.3) is 11.0 Å². The second-order valence-electron chi connectivity index (χ2n) is 4.54. The summed E-state index contributed by atoms with van der Waals surface area (Å²) in [5.74, 6) is 0. The number of halogens is 3. The molecule has 3 rings (SSSR count). The molecule has 1 aromatic heterocycles. The van der Waals surface area contributed by atoms with Crippen molar-refractivity contribution in [1.29, 1.82) is 0 Å². The third-order valence-electron chi connectivity index (χ3n) is 3.02. The summed E-state index contributed by atoms with van der Waals surface area (Å²) in [4.78, 5) is -0.222. The Morgan fingerprint density at radius 2 is 1.74 bits per heavy atom. The third kappa shape index (κ3) is 2.99. The second-order valence-corrected chi connectivity index (χ2v) is 6.72. The zero-order chi connectivity index (χ0) is 16.7. The van der Waals surface area contributed by atoms with Crippen LogP contribution in [0.5, 0.6) is 0 Å². The van der Waals surface area contributed by atoms with Crippen LogP contribution < -0.4 is 4.72 Å². The molecule has 0 saturated heterocycles. The summed E-state index contributed by atoms with van der Waals surface area (Å²) in [5.41, 5.74) is -1.12. The SMILES string of the molecule is O=S(=O)(Nc1ccccc1C(F)(F)F)c1cccc2nsnc12. The van der Waals surface area contributed by atoms with E-state index in [1.165, 1.54) is 24.3 Å². The minimum Gasteiger partial charge on any atom is -0.279 e. The maximum Gasteiger partial charge on any atom is 0.418 e. The van der Waals surface area contributed by atoms with Crippen molar-refractivity contribution in [3.8, 4) is 0 Å². The fourth-order valence-corrected chi connectivity index (χ4v) is 3.86. The highest BCUT2D eigenvalue weighted by molar-refractivity contribution is 7.93. The number of para-hydroxylation sites is 1. The monoisotopic (exact) mass is 359 g/mol. The van der Waals surface area contributed by atoms with Crippen LogP contribution in [-0.4, -0.2) is 17.2 Å². The maximum atomic E-state index is 13.0. The fraction of sp³-hybridized carbons (Fsp3) is 0.0769. The van der Waals surface area contributed by atoms with Crippen LogP contribution >= 0.6 is 11.7 Å². The van der Waals surface area contributed by atoms with Crippen LogP contribution in [0.3, 0.4) is 0 Å².